The molecule has 2 fully saturated rings. The van der Waals surface area contributed by atoms with Crippen molar-refractivity contribution in [1.82, 2.24) is 0 Å². The second-order valence-electron chi connectivity index (χ2n) is 15.4. The zero-order valence-corrected chi connectivity index (χ0v) is 27.0. The summed E-state index contributed by atoms with van der Waals surface area (Å²) in [6, 6.07) is 13.4. The SMILES string of the molecule is CC1=C(C)CC2(C(=O)c3ccccc3C(F)(F)F)CC(C)=C(C)C(c3cccc(C(=O)C45C6C=CC(C6)C4C4C=CC5C4)c3)C2C1. The van der Waals surface area contributed by atoms with Crippen LogP contribution < -0.4 is 0 Å². The van der Waals surface area contributed by atoms with Crippen LogP contribution in [0.25, 0.3) is 0 Å². The molecule has 0 aliphatic heterocycles. The summed E-state index contributed by atoms with van der Waals surface area (Å²) in [5.41, 5.74) is 3.75. The lowest BCUT2D eigenvalue weighted by Gasteiger charge is -2.51. The monoisotopic (exact) mass is 622 g/mol. The van der Waals surface area contributed by atoms with Gasteiger partial charge in [-0.05, 0) is 113 Å². The molecule has 238 valence electrons. The summed E-state index contributed by atoms with van der Waals surface area (Å²) in [7, 11) is 0. The maximum atomic E-state index is 14.8. The summed E-state index contributed by atoms with van der Waals surface area (Å²) in [6.07, 6.45) is 8.29. The fraction of sp³-hybridized carbons (Fsp3) is 0.463. The number of halogens is 3. The molecule has 2 nitrogen and oxygen atoms in total. The van der Waals surface area contributed by atoms with E-state index >= 15 is 0 Å². The van der Waals surface area contributed by atoms with Crippen LogP contribution in [0.1, 0.15) is 97.6 Å². The molecule has 0 amide bonds. The van der Waals surface area contributed by atoms with Crippen LogP contribution in [-0.4, -0.2) is 11.6 Å². The van der Waals surface area contributed by atoms with Crippen LogP contribution in [0.5, 0.6) is 0 Å². The standard InChI is InChI=1S/C41H41F3O2/c1-22-16-34-35(25(4)24(3)21-39(34,20-23(22)2)38(46)32-10-5-6-11-33(32)41(42,43)44)26-8-7-9-29(17-26)37(45)40-30-14-12-27(18-30)36(40)28-13-15-31(40)19-28/h5-15,17,27-28,30-31,34-36H,16,18-21H2,1-4H3. The van der Waals surface area contributed by atoms with Crippen molar-refractivity contribution in [2.45, 2.75) is 71.9 Å². The van der Waals surface area contributed by atoms with Gasteiger partial charge in [0.25, 0.3) is 0 Å². The van der Waals surface area contributed by atoms with E-state index in [4.69, 9.17) is 0 Å². The zero-order chi connectivity index (χ0) is 32.3. The third kappa shape index (κ3) is 3.89. The summed E-state index contributed by atoms with van der Waals surface area (Å²) in [5, 5.41) is 0. The van der Waals surface area contributed by atoms with Crippen molar-refractivity contribution < 1.29 is 22.8 Å². The third-order valence-electron chi connectivity index (χ3n) is 13.4. The van der Waals surface area contributed by atoms with Gasteiger partial charge in [-0.25, -0.2) is 0 Å². The highest BCUT2D eigenvalue weighted by molar-refractivity contribution is 6.04. The Balaban J connectivity index is 1.24. The molecular formula is C41H41F3O2. The van der Waals surface area contributed by atoms with Crippen molar-refractivity contribution in [3.63, 3.8) is 0 Å². The lowest BCUT2D eigenvalue weighted by molar-refractivity contribution is -0.138. The average Bonchev–Trinajstić information content (AvgIpc) is 3.83. The number of allylic oxidation sites excluding steroid dienone is 8. The third-order valence-corrected chi connectivity index (χ3v) is 13.4. The molecule has 0 radical (unpaired) electrons. The minimum Gasteiger partial charge on any atom is -0.294 e. The van der Waals surface area contributed by atoms with E-state index in [0.717, 1.165) is 46.8 Å². The first-order valence-corrected chi connectivity index (χ1v) is 16.9. The fourth-order valence-corrected chi connectivity index (χ4v) is 11.4. The Kier molecular flexibility index (Phi) is 6.51. The summed E-state index contributed by atoms with van der Waals surface area (Å²) in [5.74, 6) is 1.27. The van der Waals surface area contributed by atoms with Crippen LogP contribution in [0.3, 0.4) is 0 Å². The normalized spacial score (nSPS) is 37.2. The molecule has 6 aliphatic carbocycles. The Morgan fingerprint density at radius 2 is 1.41 bits per heavy atom. The first-order chi connectivity index (χ1) is 21.9. The van der Waals surface area contributed by atoms with Crippen LogP contribution in [0, 0.1) is 46.3 Å². The molecule has 7 unspecified atom stereocenters. The molecule has 0 spiro atoms. The zero-order valence-electron chi connectivity index (χ0n) is 27.0. The van der Waals surface area contributed by atoms with E-state index in [1.165, 1.54) is 23.8 Å². The lowest BCUT2D eigenvalue weighted by Crippen LogP contribution is -2.47. The van der Waals surface area contributed by atoms with Gasteiger partial charge in [-0.1, -0.05) is 83.0 Å². The van der Waals surface area contributed by atoms with Gasteiger partial charge in [0.05, 0.1) is 11.0 Å². The van der Waals surface area contributed by atoms with E-state index in [1.54, 1.807) is 0 Å². The molecule has 0 saturated heterocycles. The Morgan fingerprint density at radius 1 is 0.761 bits per heavy atom. The lowest BCUT2D eigenvalue weighted by atomic mass is 9.50. The van der Waals surface area contributed by atoms with Gasteiger partial charge in [-0.2, -0.15) is 13.2 Å². The van der Waals surface area contributed by atoms with Gasteiger partial charge in [-0.15, -0.1) is 0 Å². The molecular weight excluding hydrogens is 581 g/mol. The van der Waals surface area contributed by atoms with Crippen LogP contribution in [0.2, 0.25) is 0 Å². The van der Waals surface area contributed by atoms with E-state index in [1.807, 2.05) is 26.0 Å². The number of ketones is 2. The largest absolute Gasteiger partial charge is 0.417 e. The van der Waals surface area contributed by atoms with Gasteiger partial charge in [0.15, 0.2) is 11.6 Å². The highest BCUT2D eigenvalue weighted by Gasteiger charge is 2.69. The van der Waals surface area contributed by atoms with Gasteiger partial charge in [0, 0.05) is 22.5 Å². The molecule has 7 atom stereocenters. The van der Waals surface area contributed by atoms with Gasteiger partial charge >= 0.3 is 6.18 Å². The van der Waals surface area contributed by atoms with Gasteiger partial charge in [0.2, 0.25) is 0 Å². The summed E-state index contributed by atoms with van der Waals surface area (Å²) < 4.78 is 42.8. The van der Waals surface area contributed by atoms with Crippen molar-refractivity contribution >= 4 is 11.6 Å². The van der Waals surface area contributed by atoms with Gasteiger partial charge in [-0.3, -0.25) is 9.59 Å². The Bertz CT molecular complexity index is 1780. The highest BCUT2D eigenvalue weighted by atomic mass is 19.4. The van der Waals surface area contributed by atoms with Crippen molar-refractivity contribution in [1.29, 1.82) is 0 Å². The number of hydrogen-bond acceptors (Lipinski definition) is 2. The first-order valence-electron chi connectivity index (χ1n) is 16.9. The Hall–Kier alpha value is -3.47. The van der Waals surface area contributed by atoms with E-state index in [0.29, 0.717) is 37.0 Å². The summed E-state index contributed by atoms with van der Waals surface area (Å²) in [6.45, 7) is 8.26. The van der Waals surface area contributed by atoms with Crippen molar-refractivity contribution in [2.24, 2.45) is 46.3 Å². The molecule has 6 aliphatic rings. The van der Waals surface area contributed by atoms with E-state index < -0.39 is 22.9 Å². The molecule has 2 aromatic carbocycles. The quantitative estimate of drug-likeness (QED) is 0.189. The molecule has 0 N–H and O–H groups in total. The number of Topliss-reactive ketones (excluding diaryl/α,β-unsaturated/α-hetero) is 2. The maximum Gasteiger partial charge on any atom is 0.417 e. The molecule has 2 saturated carbocycles. The molecule has 0 aromatic heterocycles. The molecule has 0 heterocycles. The second kappa shape index (κ2) is 10.0. The molecule has 5 heteroatoms. The second-order valence-corrected chi connectivity index (χ2v) is 15.4. The first kappa shape index (κ1) is 29.9. The summed E-state index contributed by atoms with van der Waals surface area (Å²) >= 11 is 0. The molecule has 46 heavy (non-hydrogen) atoms. The maximum absolute atomic E-state index is 14.8. The average molecular weight is 623 g/mol. The van der Waals surface area contributed by atoms with E-state index in [-0.39, 0.29) is 40.4 Å². The molecule has 8 rings (SSSR count). The van der Waals surface area contributed by atoms with Crippen molar-refractivity contribution in [3.8, 4) is 0 Å². The van der Waals surface area contributed by atoms with E-state index in [9.17, 15) is 22.8 Å². The number of fused-ring (bicyclic) bond motifs is 10. The smallest absolute Gasteiger partial charge is 0.294 e. The van der Waals surface area contributed by atoms with Gasteiger partial charge in [0.1, 0.15) is 0 Å². The van der Waals surface area contributed by atoms with Crippen LogP contribution in [0.4, 0.5) is 13.2 Å². The Labute approximate surface area is 269 Å². The van der Waals surface area contributed by atoms with Crippen LogP contribution in [-0.2, 0) is 6.18 Å². The number of rotatable bonds is 5. The topological polar surface area (TPSA) is 34.1 Å². The number of benzene rings is 2. The fourth-order valence-electron chi connectivity index (χ4n) is 11.4. The molecule has 4 bridgehead atoms. The summed E-state index contributed by atoms with van der Waals surface area (Å²) in [4.78, 5) is 29.5. The number of carbonyl (C=O) groups excluding carboxylic acids is 2. The van der Waals surface area contributed by atoms with E-state index in [2.05, 4.69) is 50.3 Å². The van der Waals surface area contributed by atoms with Crippen LogP contribution >= 0.6 is 0 Å². The van der Waals surface area contributed by atoms with Gasteiger partial charge < -0.3 is 0 Å². The van der Waals surface area contributed by atoms with Crippen LogP contribution in [0.15, 0.2) is 95.1 Å². The van der Waals surface area contributed by atoms with Crippen molar-refractivity contribution in [3.05, 3.63) is 117 Å². The number of carbonyl (C=O) groups is 2. The number of alkyl halides is 3. The minimum absolute atomic E-state index is 0.181. The minimum atomic E-state index is -4.63. The number of hydrogen-bond donors (Lipinski definition) is 0. The predicted molar refractivity (Wildman–Crippen MR) is 173 cm³/mol. The molecule has 2 aromatic rings. The highest BCUT2D eigenvalue weighted by Crippen LogP contribution is 2.71. The van der Waals surface area contributed by atoms with Crippen molar-refractivity contribution in [2.75, 3.05) is 0 Å². The predicted octanol–water partition coefficient (Wildman–Crippen LogP) is 10.3. The Morgan fingerprint density at radius 3 is 2.09 bits per heavy atom.